The predicted octanol–water partition coefficient (Wildman–Crippen LogP) is 9.77. The van der Waals surface area contributed by atoms with E-state index in [0.717, 1.165) is 25.7 Å². The molecule has 2 amide bonds. The molecule has 0 saturated carbocycles. The third-order valence-corrected chi connectivity index (χ3v) is 8.46. The third kappa shape index (κ3) is 22.7. The average molecular weight is 577 g/mol. The minimum atomic E-state index is -0.0217. The van der Waals surface area contributed by atoms with Gasteiger partial charge in [-0.3, -0.25) is 25.3 Å². The van der Waals surface area contributed by atoms with Crippen molar-refractivity contribution in [1.29, 1.82) is 0 Å². The van der Waals surface area contributed by atoms with Gasteiger partial charge in [0.15, 0.2) is 0 Å². The second kappa shape index (κ2) is 28.5. The SMILES string of the molecule is CCCCCCCCCCCCCCCC(=O)NNC1=NCCN1C(=O)CCCCCCCCCCCCCCC. The van der Waals surface area contributed by atoms with Gasteiger partial charge in [-0.15, -0.1) is 0 Å². The van der Waals surface area contributed by atoms with Crippen LogP contribution in [-0.4, -0.2) is 35.8 Å². The first-order chi connectivity index (χ1) is 20.2. The maximum absolute atomic E-state index is 12.7. The van der Waals surface area contributed by atoms with Gasteiger partial charge < -0.3 is 0 Å². The van der Waals surface area contributed by atoms with Crippen molar-refractivity contribution in [2.24, 2.45) is 4.99 Å². The van der Waals surface area contributed by atoms with Crippen LogP contribution in [0, 0.1) is 0 Å². The number of unbranched alkanes of at least 4 members (excludes halogenated alkanes) is 24. The van der Waals surface area contributed by atoms with Crippen LogP contribution in [0.3, 0.4) is 0 Å². The van der Waals surface area contributed by atoms with Crippen LogP contribution in [-0.2, 0) is 9.59 Å². The van der Waals surface area contributed by atoms with E-state index in [9.17, 15) is 9.59 Å². The molecular weight excluding hydrogens is 508 g/mol. The molecule has 0 radical (unpaired) electrons. The summed E-state index contributed by atoms with van der Waals surface area (Å²) in [7, 11) is 0. The minimum Gasteiger partial charge on any atom is -0.280 e. The molecule has 6 heteroatoms. The number of aliphatic imine (C=N–C) groups is 1. The highest BCUT2D eigenvalue weighted by Crippen LogP contribution is 2.15. The van der Waals surface area contributed by atoms with Gasteiger partial charge in [0.25, 0.3) is 0 Å². The molecule has 0 aromatic heterocycles. The minimum absolute atomic E-state index is 0.0217. The van der Waals surface area contributed by atoms with E-state index in [1.807, 2.05) is 0 Å². The Balaban J connectivity index is 1.94. The highest BCUT2D eigenvalue weighted by molar-refractivity contribution is 5.98. The first kappa shape index (κ1) is 37.4. The molecule has 1 rings (SSSR count). The Labute approximate surface area is 254 Å². The fourth-order valence-corrected chi connectivity index (χ4v) is 5.72. The topological polar surface area (TPSA) is 73.8 Å². The first-order valence-electron chi connectivity index (χ1n) is 18.1. The van der Waals surface area contributed by atoms with E-state index in [2.05, 4.69) is 29.7 Å². The first-order valence-corrected chi connectivity index (χ1v) is 18.1. The molecule has 0 aromatic rings. The molecule has 0 aliphatic carbocycles. The van der Waals surface area contributed by atoms with Gasteiger partial charge in [0.2, 0.25) is 17.8 Å². The zero-order chi connectivity index (χ0) is 29.6. The van der Waals surface area contributed by atoms with Gasteiger partial charge >= 0.3 is 0 Å². The number of hydrogen-bond acceptors (Lipinski definition) is 4. The maximum atomic E-state index is 12.7. The fourth-order valence-electron chi connectivity index (χ4n) is 5.72. The standard InChI is InChI=1S/C35H68N4O2/c1-3-5-7-9-11-13-15-17-19-21-23-25-27-29-33(40)37-38-35-36-31-32-39(35)34(41)30-28-26-24-22-20-18-16-14-12-10-8-6-4-2/h3-32H2,1-2H3,(H,36,38)(H,37,40). The monoisotopic (exact) mass is 577 g/mol. The van der Waals surface area contributed by atoms with E-state index in [0.29, 0.717) is 31.9 Å². The van der Waals surface area contributed by atoms with E-state index in [1.165, 1.54) is 141 Å². The molecule has 0 spiro atoms. The Morgan fingerprint density at radius 1 is 0.561 bits per heavy atom. The number of rotatable bonds is 28. The molecule has 240 valence electrons. The van der Waals surface area contributed by atoms with Gasteiger partial charge in [-0.1, -0.05) is 168 Å². The van der Waals surface area contributed by atoms with Crippen molar-refractivity contribution in [2.45, 2.75) is 194 Å². The highest BCUT2D eigenvalue weighted by Gasteiger charge is 2.23. The lowest BCUT2D eigenvalue weighted by molar-refractivity contribution is -0.127. The molecule has 0 aromatic carbocycles. The molecule has 0 bridgehead atoms. The molecule has 6 nitrogen and oxygen atoms in total. The van der Waals surface area contributed by atoms with Gasteiger partial charge in [-0.25, -0.2) is 4.99 Å². The Hall–Kier alpha value is -1.59. The molecular formula is C35H68N4O2. The number of carbonyl (C=O) groups excluding carboxylic acids is 2. The summed E-state index contributed by atoms with van der Waals surface area (Å²) in [4.78, 5) is 31.0. The number of hydrogen-bond donors (Lipinski definition) is 2. The number of guanidine groups is 1. The number of carbonyl (C=O) groups is 2. The third-order valence-electron chi connectivity index (χ3n) is 8.46. The molecule has 2 N–H and O–H groups in total. The van der Waals surface area contributed by atoms with Crippen LogP contribution in [0.1, 0.15) is 194 Å². The van der Waals surface area contributed by atoms with Crippen molar-refractivity contribution < 1.29 is 9.59 Å². The molecule has 1 aliphatic heterocycles. The molecule has 1 heterocycles. The Morgan fingerprint density at radius 2 is 0.927 bits per heavy atom. The molecule has 0 unspecified atom stereocenters. The Morgan fingerprint density at radius 3 is 1.34 bits per heavy atom. The van der Waals surface area contributed by atoms with Gasteiger partial charge in [0.05, 0.1) is 6.54 Å². The highest BCUT2D eigenvalue weighted by atomic mass is 16.2. The Bertz CT molecular complexity index is 652. The molecule has 41 heavy (non-hydrogen) atoms. The molecule has 1 aliphatic rings. The molecule has 0 fully saturated rings. The predicted molar refractivity (Wildman–Crippen MR) is 176 cm³/mol. The van der Waals surface area contributed by atoms with Gasteiger partial charge in [-0.05, 0) is 12.8 Å². The second-order valence-electron chi connectivity index (χ2n) is 12.4. The van der Waals surface area contributed by atoms with Crippen molar-refractivity contribution in [3.8, 4) is 0 Å². The number of amides is 2. The van der Waals surface area contributed by atoms with E-state index >= 15 is 0 Å². The van der Waals surface area contributed by atoms with Crippen LogP contribution >= 0.6 is 0 Å². The van der Waals surface area contributed by atoms with Crippen molar-refractivity contribution in [1.82, 2.24) is 15.8 Å². The normalized spacial score (nSPS) is 13.0. The van der Waals surface area contributed by atoms with Crippen molar-refractivity contribution >= 4 is 17.8 Å². The number of hydrazine groups is 1. The van der Waals surface area contributed by atoms with Gasteiger partial charge in [0.1, 0.15) is 0 Å². The zero-order valence-electron chi connectivity index (χ0n) is 27.4. The zero-order valence-corrected chi connectivity index (χ0v) is 27.4. The lowest BCUT2D eigenvalue weighted by Crippen LogP contribution is -2.49. The van der Waals surface area contributed by atoms with Crippen LogP contribution < -0.4 is 10.9 Å². The van der Waals surface area contributed by atoms with E-state index in [-0.39, 0.29) is 11.8 Å². The number of nitrogens with one attached hydrogen (secondary N) is 2. The summed E-state index contributed by atoms with van der Waals surface area (Å²) in [6.07, 6.45) is 34.9. The van der Waals surface area contributed by atoms with Crippen LogP contribution in [0.5, 0.6) is 0 Å². The van der Waals surface area contributed by atoms with E-state index < -0.39 is 0 Å². The van der Waals surface area contributed by atoms with Crippen LogP contribution in [0.25, 0.3) is 0 Å². The van der Waals surface area contributed by atoms with Crippen LogP contribution in [0.15, 0.2) is 4.99 Å². The summed E-state index contributed by atoms with van der Waals surface area (Å²) >= 11 is 0. The van der Waals surface area contributed by atoms with E-state index in [1.54, 1.807) is 4.90 Å². The van der Waals surface area contributed by atoms with Gasteiger partial charge in [0, 0.05) is 19.4 Å². The Kier molecular flexibility index (Phi) is 26.0. The summed E-state index contributed by atoms with van der Waals surface area (Å²) < 4.78 is 0. The molecule has 0 atom stereocenters. The summed E-state index contributed by atoms with van der Waals surface area (Å²) in [5.74, 6) is 0.595. The smallest absolute Gasteiger partial charge is 0.238 e. The van der Waals surface area contributed by atoms with Crippen molar-refractivity contribution in [3.05, 3.63) is 0 Å². The number of nitrogens with zero attached hydrogens (tertiary/aromatic N) is 2. The van der Waals surface area contributed by atoms with E-state index in [4.69, 9.17) is 0 Å². The summed E-state index contributed by atoms with van der Waals surface area (Å²) in [5.41, 5.74) is 5.67. The lowest BCUT2D eigenvalue weighted by atomic mass is 10.0. The molecule has 0 saturated heterocycles. The van der Waals surface area contributed by atoms with Crippen LogP contribution in [0.2, 0.25) is 0 Å². The van der Waals surface area contributed by atoms with Crippen molar-refractivity contribution in [2.75, 3.05) is 13.1 Å². The lowest BCUT2D eigenvalue weighted by Gasteiger charge is -2.19. The largest absolute Gasteiger partial charge is 0.280 e. The van der Waals surface area contributed by atoms with Crippen molar-refractivity contribution in [3.63, 3.8) is 0 Å². The summed E-state index contributed by atoms with van der Waals surface area (Å²) in [6, 6.07) is 0. The van der Waals surface area contributed by atoms with Crippen LogP contribution in [0.4, 0.5) is 0 Å². The second-order valence-corrected chi connectivity index (χ2v) is 12.4. The fraction of sp³-hybridized carbons (Fsp3) is 0.914. The average Bonchev–Trinajstić information content (AvgIpc) is 3.45. The summed E-state index contributed by atoms with van der Waals surface area (Å²) in [6.45, 7) is 5.75. The summed E-state index contributed by atoms with van der Waals surface area (Å²) in [5, 5.41) is 0. The quantitative estimate of drug-likeness (QED) is 0.0719. The van der Waals surface area contributed by atoms with Gasteiger partial charge in [-0.2, -0.15) is 0 Å². The maximum Gasteiger partial charge on any atom is 0.238 e.